The summed E-state index contributed by atoms with van der Waals surface area (Å²) in [4.78, 5) is 4.09. The van der Waals surface area contributed by atoms with Crippen LogP contribution in [0.3, 0.4) is 0 Å². The summed E-state index contributed by atoms with van der Waals surface area (Å²) in [5, 5.41) is 0.134. The van der Waals surface area contributed by atoms with E-state index in [0.29, 0.717) is 12.4 Å². The van der Waals surface area contributed by atoms with Gasteiger partial charge in [0.1, 0.15) is 5.82 Å². The molecule has 0 saturated heterocycles. The van der Waals surface area contributed by atoms with E-state index in [9.17, 15) is 4.39 Å². The van der Waals surface area contributed by atoms with Crippen molar-refractivity contribution in [1.29, 1.82) is 0 Å². The standard InChI is InChI=1S/C11H9Cl2FN2/c12-4-9-6-16(7-15-9)5-8-1-2-11(14)10(13)3-8/h1-3,6-7H,4-5H2. The van der Waals surface area contributed by atoms with Gasteiger partial charge in [0.25, 0.3) is 0 Å². The van der Waals surface area contributed by atoms with Crippen molar-refractivity contribution in [3.05, 3.63) is 52.8 Å². The fraction of sp³-hybridized carbons (Fsp3) is 0.182. The third-order valence-electron chi connectivity index (χ3n) is 2.17. The van der Waals surface area contributed by atoms with Crippen molar-refractivity contribution in [2.45, 2.75) is 12.4 Å². The van der Waals surface area contributed by atoms with E-state index in [0.717, 1.165) is 11.3 Å². The summed E-state index contributed by atoms with van der Waals surface area (Å²) in [6.45, 7) is 0.601. The second kappa shape index (κ2) is 4.85. The average molecular weight is 259 g/mol. The Bertz CT molecular complexity index is 496. The molecule has 0 bridgehead atoms. The van der Waals surface area contributed by atoms with Crippen LogP contribution in [0.1, 0.15) is 11.3 Å². The molecule has 2 rings (SSSR count). The van der Waals surface area contributed by atoms with Crippen LogP contribution >= 0.6 is 23.2 Å². The number of aromatic nitrogens is 2. The molecule has 0 radical (unpaired) electrons. The van der Waals surface area contributed by atoms with Gasteiger partial charge in [-0.05, 0) is 17.7 Å². The van der Waals surface area contributed by atoms with Crippen LogP contribution in [-0.2, 0) is 12.4 Å². The van der Waals surface area contributed by atoms with Gasteiger partial charge in [-0.3, -0.25) is 0 Å². The summed E-state index contributed by atoms with van der Waals surface area (Å²) >= 11 is 11.3. The Balaban J connectivity index is 2.17. The second-order valence-electron chi connectivity index (χ2n) is 3.42. The van der Waals surface area contributed by atoms with Gasteiger partial charge in [0.2, 0.25) is 0 Å². The summed E-state index contributed by atoms with van der Waals surface area (Å²) in [5.74, 6) is -0.0190. The SMILES string of the molecule is Fc1ccc(Cn2cnc(CCl)c2)cc1Cl. The predicted octanol–water partition coefficient (Wildman–Crippen LogP) is 3.46. The number of nitrogens with zero attached hydrogens (tertiary/aromatic N) is 2. The van der Waals surface area contributed by atoms with Crippen LogP contribution in [0.5, 0.6) is 0 Å². The van der Waals surface area contributed by atoms with Gasteiger partial charge >= 0.3 is 0 Å². The lowest BCUT2D eigenvalue weighted by molar-refractivity contribution is 0.626. The van der Waals surface area contributed by atoms with Gasteiger partial charge in [-0.1, -0.05) is 17.7 Å². The summed E-state index contributed by atoms with van der Waals surface area (Å²) in [7, 11) is 0. The molecule has 1 heterocycles. The van der Waals surface area contributed by atoms with Gasteiger partial charge in [0.05, 0.1) is 22.9 Å². The van der Waals surface area contributed by atoms with Crippen molar-refractivity contribution in [1.82, 2.24) is 9.55 Å². The monoisotopic (exact) mass is 258 g/mol. The van der Waals surface area contributed by atoms with Crippen molar-refractivity contribution >= 4 is 23.2 Å². The number of hydrogen-bond acceptors (Lipinski definition) is 1. The quantitative estimate of drug-likeness (QED) is 0.772. The topological polar surface area (TPSA) is 17.8 Å². The number of rotatable bonds is 3. The van der Waals surface area contributed by atoms with E-state index in [4.69, 9.17) is 23.2 Å². The first kappa shape index (κ1) is 11.4. The predicted molar refractivity (Wildman–Crippen MR) is 62.3 cm³/mol. The Hall–Kier alpha value is -1.06. The Morgan fingerprint density at radius 1 is 1.38 bits per heavy atom. The molecule has 1 aromatic carbocycles. The Labute approximate surface area is 103 Å². The number of hydrogen-bond donors (Lipinski definition) is 0. The molecule has 84 valence electrons. The van der Waals surface area contributed by atoms with Gasteiger partial charge in [-0.15, -0.1) is 11.6 Å². The fourth-order valence-electron chi connectivity index (χ4n) is 1.41. The Morgan fingerprint density at radius 3 is 2.81 bits per heavy atom. The zero-order valence-electron chi connectivity index (χ0n) is 8.33. The normalized spacial score (nSPS) is 10.7. The molecule has 0 amide bonds. The second-order valence-corrected chi connectivity index (χ2v) is 4.09. The molecule has 0 aliphatic heterocycles. The molecule has 1 aromatic heterocycles. The van der Waals surface area contributed by atoms with Crippen LogP contribution in [0, 0.1) is 5.82 Å². The molecule has 0 N–H and O–H groups in total. The first-order valence-corrected chi connectivity index (χ1v) is 5.61. The molecule has 2 nitrogen and oxygen atoms in total. The fourth-order valence-corrected chi connectivity index (χ4v) is 1.75. The number of halogens is 3. The summed E-state index contributed by atoms with van der Waals surface area (Å²) in [5.41, 5.74) is 1.74. The first-order valence-electron chi connectivity index (χ1n) is 4.69. The average Bonchev–Trinajstić information content (AvgIpc) is 2.71. The molecule has 5 heteroatoms. The molecule has 0 aliphatic carbocycles. The van der Waals surface area contributed by atoms with Gasteiger partial charge in [-0.2, -0.15) is 0 Å². The van der Waals surface area contributed by atoms with Gasteiger partial charge in [0.15, 0.2) is 0 Å². The lowest BCUT2D eigenvalue weighted by atomic mass is 10.2. The molecule has 0 spiro atoms. The molecule has 0 saturated carbocycles. The van der Waals surface area contributed by atoms with E-state index < -0.39 is 5.82 Å². The van der Waals surface area contributed by atoms with Crippen LogP contribution in [0.15, 0.2) is 30.7 Å². The molecular weight excluding hydrogens is 250 g/mol. The zero-order valence-corrected chi connectivity index (χ0v) is 9.84. The Kier molecular flexibility index (Phi) is 3.46. The largest absolute Gasteiger partial charge is 0.333 e. The Morgan fingerprint density at radius 2 is 2.19 bits per heavy atom. The van der Waals surface area contributed by atoms with Crippen LogP contribution in [0.2, 0.25) is 5.02 Å². The molecule has 16 heavy (non-hydrogen) atoms. The van der Waals surface area contributed by atoms with E-state index in [1.54, 1.807) is 18.5 Å². The number of alkyl halides is 1. The summed E-state index contributed by atoms with van der Waals surface area (Å²) in [6, 6.07) is 4.66. The van der Waals surface area contributed by atoms with E-state index in [1.807, 2.05) is 10.8 Å². The van der Waals surface area contributed by atoms with Gasteiger partial charge < -0.3 is 4.57 Å². The molecule has 0 aliphatic rings. The third kappa shape index (κ3) is 2.54. The molecular formula is C11H9Cl2FN2. The maximum Gasteiger partial charge on any atom is 0.141 e. The highest BCUT2D eigenvalue weighted by molar-refractivity contribution is 6.30. The van der Waals surface area contributed by atoms with Crippen LogP contribution in [-0.4, -0.2) is 9.55 Å². The minimum atomic E-state index is -0.405. The van der Waals surface area contributed by atoms with Gasteiger partial charge in [0, 0.05) is 12.7 Å². The number of benzene rings is 1. The molecule has 2 aromatic rings. The maximum atomic E-state index is 12.9. The highest BCUT2D eigenvalue weighted by atomic mass is 35.5. The summed E-state index contributed by atoms with van der Waals surface area (Å²) in [6.07, 6.45) is 3.54. The summed E-state index contributed by atoms with van der Waals surface area (Å²) < 4.78 is 14.8. The van der Waals surface area contributed by atoms with Crippen molar-refractivity contribution < 1.29 is 4.39 Å². The highest BCUT2D eigenvalue weighted by Gasteiger charge is 2.02. The van der Waals surface area contributed by atoms with E-state index in [-0.39, 0.29) is 5.02 Å². The van der Waals surface area contributed by atoms with E-state index in [2.05, 4.69) is 4.98 Å². The molecule has 0 atom stereocenters. The van der Waals surface area contributed by atoms with Crippen LogP contribution < -0.4 is 0 Å². The molecule has 0 fully saturated rings. The van der Waals surface area contributed by atoms with Crippen molar-refractivity contribution in [2.24, 2.45) is 0 Å². The van der Waals surface area contributed by atoms with Crippen molar-refractivity contribution in [3.8, 4) is 0 Å². The lowest BCUT2D eigenvalue weighted by Gasteiger charge is -2.03. The lowest BCUT2D eigenvalue weighted by Crippen LogP contribution is -1.96. The van der Waals surface area contributed by atoms with Crippen molar-refractivity contribution in [3.63, 3.8) is 0 Å². The van der Waals surface area contributed by atoms with Gasteiger partial charge in [-0.25, -0.2) is 9.37 Å². The first-order chi connectivity index (χ1) is 7.69. The molecule has 0 unspecified atom stereocenters. The smallest absolute Gasteiger partial charge is 0.141 e. The highest BCUT2D eigenvalue weighted by Crippen LogP contribution is 2.16. The van der Waals surface area contributed by atoms with Crippen LogP contribution in [0.25, 0.3) is 0 Å². The van der Waals surface area contributed by atoms with Crippen LogP contribution in [0.4, 0.5) is 4.39 Å². The van der Waals surface area contributed by atoms with E-state index in [1.165, 1.54) is 6.07 Å². The third-order valence-corrected chi connectivity index (χ3v) is 2.74. The minimum absolute atomic E-state index is 0.134. The zero-order chi connectivity index (χ0) is 11.5. The van der Waals surface area contributed by atoms with E-state index >= 15 is 0 Å². The van der Waals surface area contributed by atoms with Crippen molar-refractivity contribution in [2.75, 3.05) is 0 Å². The number of imidazole rings is 1. The minimum Gasteiger partial charge on any atom is -0.333 e. The maximum absolute atomic E-state index is 12.9.